The zero-order chi connectivity index (χ0) is 29.1. The van der Waals surface area contributed by atoms with E-state index in [9.17, 15) is 8.42 Å². The van der Waals surface area contributed by atoms with Gasteiger partial charge in [0.2, 0.25) is 16.0 Å². The summed E-state index contributed by atoms with van der Waals surface area (Å²) in [5.74, 6) is 1.10. The molecule has 1 aromatic heterocycles. The predicted octanol–water partition coefficient (Wildman–Crippen LogP) is 4.82. The molecule has 1 aliphatic heterocycles. The summed E-state index contributed by atoms with van der Waals surface area (Å²) in [5.41, 5.74) is 1.03. The zero-order valence-corrected chi connectivity index (χ0v) is 22.4. The second kappa shape index (κ2) is 11.5. The van der Waals surface area contributed by atoms with Crippen molar-refractivity contribution in [3.63, 3.8) is 0 Å². The van der Waals surface area contributed by atoms with Crippen LogP contribution in [0, 0.1) is 6.92 Å². The van der Waals surface area contributed by atoms with Crippen LogP contribution < -0.4 is 20.1 Å². The molecule has 0 spiro atoms. The molecular weight excluding hydrogens is 488 g/mol. The summed E-state index contributed by atoms with van der Waals surface area (Å²) in [5, 5.41) is 6.19. The van der Waals surface area contributed by atoms with Gasteiger partial charge in [0.25, 0.3) is 0 Å². The molecule has 4 rings (SSSR count). The van der Waals surface area contributed by atoms with Crippen molar-refractivity contribution >= 4 is 33.2 Å². The van der Waals surface area contributed by atoms with Crippen LogP contribution in [0.15, 0.2) is 59.6 Å². The predicted molar refractivity (Wildman–Crippen MR) is 147 cm³/mol. The maximum Gasteiger partial charge on any atom is 0.241 e. The summed E-state index contributed by atoms with van der Waals surface area (Å²) in [6.07, 6.45) is 2.02. The van der Waals surface area contributed by atoms with E-state index in [-0.39, 0.29) is 23.6 Å². The second-order valence-electron chi connectivity index (χ2n) is 9.93. The molecule has 0 radical (unpaired) electrons. The standard InChI is InChI=1S/C27H36N6O3S/c1-20-19-28-26(30-21-10-12-23(13-11-21)36-17-16-33-14-5-6-15-33)31-25(20)29-22-8-7-9-24(18-22)37(34,35)32-27(2,3)4/h7-13,18-19,32H,5-6,14-17H2,1-4H3,(H2,28,29,30,31)/i16D2,19D. The molecule has 0 amide bonds. The molecule has 3 aromatic rings. The van der Waals surface area contributed by atoms with Crippen molar-refractivity contribution in [3.8, 4) is 5.75 Å². The first-order chi connectivity index (χ1) is 18.7. The molecule has 3 N–H and O–H groups in total. The van der Waals surface area contributed by atoms with Gasteiger partial charge in [-0.2, -0.15) is 4.98 Å². The monoisotopic (exact) mass is 527 g/mol. The zero-order valence-electron chi connectivity index (χ0n) is 24.6. The summed E-state index contributed by atoms with van der Waals surface area (Å²) in [4.78, 5) is 10.6. The van der Waals surface area contributed by atoms with E-state index in [0.717, 1.165) is 25.9 Å². The van der Waals surface area contributed by atoms with Crippen molar-refractivity contribution < 1.29 is 17.3 Å². The lowest BCUT2D eigenvalue weighted by Gasteiger charge is -2.20. The normalized spacial score (nSPS) is 16.1. The van der Waals surface area contributed by atoms with Crippen molar-refractivity contribution in [2.45, 2.75) is 51.0 Å². The first kappa shape index (κ1) is 22.9. The molecule has 0 unspecified atom stereocenters. The number of rotatable bonds is 10. The Morgan fingerprint density at radius 1 is 1.08 bits per heavy atom. The Morgan fingerprint density at radius 2 is 1.81 bits per heavy atom. The average Bonchev–Trinajstić information content (AvgIpc) is 3.42. The second-order valence-corrected chi connectivity index (χ2v) is 11.6. The minimum Gasteiger partial charge on any atom is -0.492 e. The maximum absolute atomic E-state index is 12.8. The van der Waals surface area contributed by atoms with Gasteiger partial charge in [0.1, 0.15) is 18.2 Å². The molecule has 2 aromatic carbocycles. The van der Waals surface area contributed by atoms with Crippen LogP contribution in [0.4, 0.5) is 23.1 Å². The Hall–Kier alpha value is -3.21. The Kier molecular flexibility index (Phi) is 7.10. The molecule has 2 heterocycles. The number of likely N-dealkylation sites (tertiary alicyclic amines) is 1. The Morgan fingerprint density at radius 3 is 2.51 bits per heavy atom. The van der Waals surface area contributed by atoms with Gasteiger partial charge in [-0.15, -0.1) is 0 Å². The molecule has 37 heavy (non-hydrogen) atoms. The number of sulfonamides is 1. The van der Waals surface area contributed by atoms with E-state index in [1.54, 1.807) is 69.0 Å². The molecule has 9 nitrogen and oxygen atoms in total. The van der Waals surface area contributed by atoms with E-state index < -0.39 is 22.1 Å². The molecule has 0 aliphatic carbocycles. The van der Waals surface area contributed by atoms with E-state index in [0.29, 0.717) is 28.5 Å². The first-order valence-electron chi connectivity index (χ1n) is 13.7. The van der Waals surface area contributed by atoms with Gasteiger partial charge in [0.15, 0.2) is 0 Å². The molecule has 1 saturated heterocycles. The van der Waals surface area contributed by atoms with Crippen LogP contribution in [0.2, 0.25) is 0 Å². The average molecular weight is 528 g/mol. The molecule has 1 aliphatic rings. The van der Waals surface area contributed by atoms with Gasteiger partial charge in [0.05, 0.1) is 6.27 Å². The molecule has 0 bridgehead atoms. The van der Waals surface area contributed by atoms with Gasteiger partial charge in [-0.1, -0.05) is 6.07 Å². The highest BCUT2D eigenvalue weighted by Gasteiger charge is 2.22. The van der Waals surface area contributed by atoms with Gasteiger partial charge < -0.3 is 15.4 Å². The Labute approximate surface area is 223 Å². The van der Waals surface area contributed by atoms with Gasteiger partial charge >= 0.3 is 0 Å². The molecule has 0 atom stereocenters. The summed E-state index contributed by atoms with van der Waals surface area (Å²) < 4.78 is 58.7. The first-order valence-corrected chi connectivity index (χ1v) is 13.7. The van der Waals surface area contributed by atoms with Crippen LogP contribution in [0.3, 0.4) is 0 Å². The van der Waals surface area contributed by atoms with Crippen molar-refractivity contribution in [2.75, 3.05) is 36.8 Å². The van der Waals surface area contributed by atoms with Crippen LogP contribution in [-0.4, -0.2) is 55.0 Å². The van der Waals surface area contributed by atoms with Gasteiger partial charge in [-0.05, 0) is 96.1 Å². The van der Waals surface area contributed by atoms with Crippen molar-refractivity contribution in [3.05, 3.63) is 60.3 Å². The number of hydrogen-bond acceptors (Lipinski definition) is 8. The minimum atomic E-state index is -3.73. The van der Waals surface area contributed by atoms with Crippen LogP contribution in [-0.2, 0) is 10.0 Å². The van der Waals surface area contributed by atoms with E-state index in [1.165, 1.54) is 12.1 Å². The number of aromatic nitrogens is 2. The number of anilines is 4. The van der Waals surface area contributed by atoms with E-state index >= 15 is 0 Å². The lowest BCUT2D eigenvalue weighted by Crippen LogP contribution is -2.40. The summed E-state index contributed by atoms with van der Waals surface area (Å²) >= 11 is 0. The molecule has 0 saturated carbocycles. The lowest BCUT2D eigenvalue weighted by atomic mass is 10.1. The maximum atomic E-state index is 12.8. The highest BCUT2D eigenvalue weighted by atomic mass is 32.2. The number of nitrogens with one attached hydrogen (secondary N) is 3. The highest BCUT2D eigenvalue weighted by Crippen LogP contribution is 2.24. The van der Waals surface area contributed by atoms with E-state index in [2.05, 4.69) is 25.3 Å². The number of nitrogens with zero attached hydrogens (tertiary/aromatic N) is 3. The third-order valence-electron chi connectivity index (χ3n) is 5.49. The third kappa shape index (κ3) is 7.88. The van der Waals surface area contributed by atoms with E-state index in [4.69, 9.17) is 8.85 Å². The highest BCUT2D eigenvalue weighted by molar-refractivity contribution is 7.89. The smallest absolute Gasteiger partial charge is 0.241 e. The molecule has 10 heteroatoms. The number of benzene rings is 2. The Balaban J connectivity index is 1.45. The summed E-state index contributed by atoms with van der Waals surface area (Å²) in [7, 11) is -3.73. The van der Waals surface area contributed by atoms with Crippen LogP contribution in [0.5, 0.6) is 5.75 Å². The van der Waals surface area contributed by atoms with Crippen LogP contribution in [0.1, 0.15) is 43.3 Å². The summed E-state index contributed by atoms with van der Waals surface area (Å²) in [6.45, 7) is 6.93. The molecule has 198 valence electrons. The largest absolute Gasteiger partial charge is 0.492 e. The topological polar surface area (TPSA) is 108 Å². The molecule has 1 fully saturated rings. The van der Waals surface area contributed by atoms with Gasteiger partial charge in [0, 0.05) is 37.9 Å². The molecular formula is C27H36N6O3S. The fraction of sp³-hybridized carbons (Fsp3) is 0.407. The number of ether oxygens (including phenoxy) is 1. The summed E-state index contributed by atoms with van der Waals surface area (Å²) in [6, 6.07) is 13.4. The third-order valence-corrected chi connectivity index (χ3v) is 7.25. The lowest BCUT2D eigenvalue weighted by molar-refractivity contribution is 0.238. The van der Waals surface area contributed by atoms with Crippen LogP contribution >= 0.6 is 0 Å². The van der Waals surface area contributed by atoms with Crippen LogP contribution in [0.25, 0.3) is 0 Å². The quantitative estimate of drug-likeness (QED) is 0.344. The Bertz CT molecular complexity index is 1440. The van der Waals surface area contributed by atoms with Crippen molar-refractivity contribution in [1.82, 2.24) is 19.6 Å². The van der Waals surface area contributed by atoms with Gasteiger partial charge in [-0.3, -0.25) is 4.90 Å². The van der Waals surface area contributed by atoms with Crippen molar-refractivity contribution in [1.29, 1.82) is 0 Å². The fourth-order valence-electron chi connectivity index (χ4n) is 3.77. The number of hydrogen-bond donors (Lipinski definition) is 3. The SMILES string of the molecule is [2H]c1nc(Nc2ccc(OCC([2H])([2H])N3CCCC3)cc2)nc(Nc2cccc(S(=O)(=O)NC(C)(C)C)c2)c1C. The van der Waals surface area contributed by atoms with E-state index in [1.807, 2.05) is 0 Å². The minimum absolute atomic E-state index is 0.0160. The fourth-order valence-corrected chi connectivity index (χ4v) is 5.23. The van der Waals surface area contributed by atoms with Crippen molar-refractivity contribution in [2.24, 2.45) is 0 Å². The van der Waals surface area contributed by atoms with Gasteiger partial charge in [-0.25, -0.2) is 18.1 Å².